The van der Waals surface area contributed by atoms with E-state index in [0.29, 0.717) is 19.1 Å². The first-order valence-electron chi connectivity index (χ1n) is 12.3. The summed E-state index contributed by atoms with van der Waals surface area (Å²) in [6, 6.07) is 15.9. The summed E-state index contributed by atoms with van der Waals surface area (Å²) in [6.07, 6.45) is 5.59. The first-order chi connectivity index (χ1) is 15.8. The summed E-state index contributed by atoms with van der Waals surface area (Å²) >= 11 is 0. The van der Waals surface area contributed by atoms with Gasteiger partial charge in [-0.3, -0.25) is 0 Å². The Bertz CT molecular complexity index is 945. The lowest BCUT2D eigenvalue weighted by molar-refractivity contribution is 0.0523. The Labute approximate surface area is 198 Å². The van der Waals surface area contributed by atoms with E-state index in [1.165, 1.54) is 40.9 Å². The van der Waals surface area contributed by atoms with Crippen molar-refractivity contribution in [1.82, 2.24) is 5.32 Å². The molecular formula is C28H38N2O3. The number of benzene rings is 2. The molecule has 2 aromatic rings. The predicted octanol–water partition coefficient (Wildman–Crippen LogP) is 6.29. The van der Waals surface area contributed by atoms with Crippen molar-refractivity contribution in [2.45, 2.75) is 70.3 Å². The third-order valence-electron chi connectivity index (χ3n) is 6.54. The van der Waals surface area contributed by atoms with Crippen LogP contribution in [-0.2, 0) is 15.9 Å². The van der Waals surface area contributed by atoms with Gasteiger partial charge in [0.15, 0.2) is 0 Å². The Balaban J connectivity index is 1.50. The summed E-state index contributed by atoms with van der Waals surface area (Å²) in [5.41, 5.74) is 6.10. The Morgan fingerprint density at radius 1 is 1.06 bits per heavy atom. The lowest BCUT2D eigenvalue weighted by atomic mass is 9.82. The summed E-state index contributed by atoms with van der Waals surface area (Å²) < 4.78 is 10.8. The molecule has 0 unspecified atom stereocenters. The molecule has 1 saturated carbocycles. The molecule has 2 aromatic carbocycles. The molecule has 0 aliphatic heterocycles. The summed E-state index contributed by atoms with van der Waals surface area (Å²) in [5.74, 6) is 1.09. The maximum atomic E-state index is 12.1. The third kappa shape index (κ3) is 6.29. The van der Waals surface area contributed by atoms with E-state index in [1.807, 2.05) is 20.8 Å². The van der Waals surface area contributed by atoms with Gasteiger partial charge in [-0.15, -0.1) is 0 Å². The molecule has 0 heterocycles. The van der Waals surface area contributed by atoms with Crippen LogP contribution >= 0.6 is 0 Å². The number of rotatable bonds is 8. The Morgan fingerprint density at radius 3 is 2.45 bits per heavy atom. The second-order valence-electron chi connectivity index (χ2n) is 10.4. The standard InChI is InChI=1S/C28H38N2O3/c1-28(2,3)33-27(31)29-19-23-7-5-6-22-18-25(14-15-26(22)23)30(16-17-32-4)24-12-10-21(11-13-24)20-8-9-20/h10-15,18,20,23H,5-9,16-17,19H2,1-4H3,(H,29,31)/t23-/m0/s1. The number of nitrogens with zero attached hydrogens (tertiary/aromatic N) is 1. The van der Waals surface area contributed by atoms with Crippen LogP contribution in [0, 0.1) is 0 Å². The van der Waals surface area contributed by atoms with Gasteiger partial charge in [0.05, 0.1) is 6.61 Å². The fourth-order valence-electron chi connectivity index (χ4n) is 4.73. The van der Waals surface area contributed by atoms with Crippen LogP contribution in [0.3, 0.4) is 0 Å². The van der Waals surface area contributed by atoms with Crippen molar-refractivity contribution in [3.63, 3.8) is 0 Å². The molecule has 5 nitrogen and oxygen atoms in total. The average Bonchev–Trinajstić information content (AvgIpc) is 3.62. The zero-order chi connectivity index (χ0) is 23.4. The number of aryl methyl sites for hydroxylation is 1. The molecule has 2 aliphatic rings. The SMILES string of the molecule is COCCN(c1ccc(C2CC2)cc1)c1ccc2c(c1)CCC[C@H]2CNC(=O)OC(C)(C)C. The van der Waals surface area contributed by atoms with Gasteiger partial charge in [-0.1, -0.05) is 18.2 Å². The van der Waals surface area contributed by atoms with Crippen molar-refractivity contribution in [1.29, 1.82) is 0 Å². The molecule has 2 aliphatic carbocycles. The number of nitrogens with one attached hydrogen (secondary N) is 1. The number of amides is 1. The molecule has 5 heteroatoms. The minimum absolute atomic E-state index is 0.320. The van der Waals surface area contributed by atoms with Gasteiger partial charge >= 0.3 is 6.09 Å². The van der Waals surface area contributed by atoms with Crippen LogP contribution in [0.2, 0.25) is 0 Å². The summed E-state index contributed by atoms with van der Waals surface area (Å²) in [7, 11) is 1.75. The van der Waals surface area contributed by atoms with Gasteiger partial charge in [-0.25, -0.2) is 4.79 Å². The van der Waals surface area contributed by atoms with E-state index in [9.17, 15) is 4.79 Å². The van der Waals surface area contributed by atoms with E-state index in [2.05, 4.69) is 52.7 Å². The molecule has 0 saturated heterocycles. The number of alkyl carbamates (subject to hydrolysis) is 1. The summed E-state index contributed by atoms with van der Waals surface area (Å²) in [6.45, 7) is 7.75. The fraction of sp³-hybridized carbons (Fsp3) is 0.536. The van der Waals surface area contributed by atoms with Gasteiger partial charge in [0.2, 0.25) is 0 Å². The molecule has 1 fully saturated rings. The minimum Gasteiger partial charge on any atom is -0.444 e. The molecule has 0 spiro atoms. The van der Waals surface area contributed by atoms with Crippen LogP contribution in [0.25, 0.3) is 0 Å². The van der Waals surface area contributed by atoms with E-state index in [-0.39, 0.29) is 6.09 Å². The largest absolute Gasteiger partial charge is 0.444 e. The Hall–Kier alpha value is -2.53. The molecular weight excluding hydrogens is 412 g/mol. The zero-order valence-electron chi connectivity index (χ0n) is 20.5. The third-order valence-corrected chi connectivity index (χ3v) is 6.54. The quantitative estimate of drug-likeness (QED) is 0.513. The van der Waals surface area contributed by atoms with Gasteiger partial charge in [0, 0.05) is 37.5 Å². The second-order valence-corrected chi connectivity index (χ2v) is 10.4. The smallest absolute Gasteiger partial charge is 0.407 e. The highest BCUT2D eigenvalue weighted by Crippen LogP contribution is 2.41. The maximum absolute atomic E-state index is 12.1. The maximum Gasteiger partial charge on any atom is 0.407 e. The van der Waals surface area contributed by atoms with Gasteiger partial charge in [-0.2, -0.15) is 0 Å². The normalized spacial score (nSPS) is 17.9. The summed E-state index contributed by atoms with van der Waals surface area (Å²) in [5, 5.41) is 2.97. The number of carbonyl (C=O) groups excluding carboxylic acids is 1. The van der Waals surface area contributed by atoms with Crippen molar-refractivity contribution in [2.75, 3.05) is 31.7 Å². The number of anilines is 2. The number of methoxy groups -OCH3 is 1. The highest BCUT2D eigenvalue weighted by molar-refractivity contribution is 5.68. The van der Waals surface area contributed by atoms with Gasteiger partial charge in [0.1, 0.15) is 5.60 Å². The van der Waals surface area contributed by atoms with Crippen molar-refractivity contribution < 1.29 is 14.3 Å². The average molecular weight is 451 g/mol. The van der Waals surface area contributed by atoms with Crippen molar-refractivity contribution in [2.24, 2.45) is 0 Å². The number of hydrogen-bond donors (Lipinski definition) is 1. The van der Waals surface area contributed by atoms with E-state index in [0.717, 1.165) is 31.7 Å². The van der Waals surface area contributed by atoms with E-state index in [4.69, 9.17) is 9.47 Å². The molecule has 178 valence electrons. The number of hydrogen-bond acceptors (Lipinski definition) is 4. The van der Waals surface area contributed by atoms with Crippen LogP contribution in [0.15, 0.2) is 42.5 Å². The van der Waals surface area contributed by atoms with Crippen LogP contribution in [0.5, 0.6) is 0 Å². The van der Waals surface area contributed by atoms with Crippen LogP contribution in [0.1, 0.15) is 75.0 Å². The molecule has 0 bridgehead atoms. The van der Waals surface area contributed by atoms with Gasteiger partial charge in [-0.05, 0) is 99.7 Å². The van der Waals surface area contributed by atoms with Crippen LogP contribution in [-0.4, -0.2) is 38.5 Å². The van der Waals surface area contributed by atoms with Crippen molar-refractivity contribution >= 4 is 17.5 Å². The van der Waals surface area contributed by atoms with E-state index in [1.54, 1.807) is 7.11 Å². The molecule has 0 radical (unpaired) electrons. The minimum atomic E-state index is -0.480. The lowest BCUT2D eigenvalue weighted by Gasteiger charge is -2.30. The fourth-order valence-corrected chi connectivity index (χ4v) is 4.73. The number of fused-ring (bicyclic) bond motifs is 1. The zero-order valence-corrected chi connectivity index (χ0v) is 20.5. The molecule has 0 aromatic heterocycles. The second kappa shape index (κ2) is 10.2. The highest BCUT2D eigenvalue weighted by atomic mass is 16.6. The molecule has 1 amide bonds. The van der Waals surface area contributed by atoms with Crippen molar-refractivity contribution in [3.8, 4) is 0 Å². The first kappa shape index (κ1) is 23.6. The molecule has 33 heavy (non-hydrogen) atoms. The van der Waals surface area contributed by atoms with E-state index < -0.39 is 5.60 Å². The monoisotopic (exact) mass is 450 g/mol. The summed E-state index contributed by atoms with van der Waals surface area (Å²) in [4.78, 5) is 14.5. The van der Waals surface area contributed by atoms with Gasteiger partial charge < -0.3 is 19.7 Å². The molecule has 1 N–H and O–H groups in total. The van der Waals surface area contributed by atoms with Crippen LogP contribution < -0.4 is 10.2 Å². The van der Waals surface area contributed by atoms with Crippen molar-refractivity contribution in [3.05, 3.63) is 59.2 Å². The van der Waals surface area contributed by atoms with E-state index >= 15 is 0 Å². The molecule has 4 rings (SSSR count). The first-order valence-corrected chi connectivity index (χ1v) is 12.3. The van der Waals surface area contributed by atoms with Crippen LogP contribution in [0.4, 0.5) is 16.2 Å². The lowest BCUT2D eigenvalue weighted by Crippen LogP contribution is -2.35. The molecule has 1 atom stereocenters. The highest BCUT2D eigenvalue weighted by Gasteiger charge is 2.25. The Kier molecular flexibility index (Phi) is 7.28. The van der Waals surface area contributed by atoms with Gasteiger partial charge in [0.25, 0.3) is 0 Å². The number of ether oxygens (including phenoxy) is 2. The topological polar surface area (TPSA) is 50.8 Å². The Morgan fingerprint density at radius 2 is 1.79 bits per heavy atom. The predicted molar refractivity (Wildman–Crippen MR) is 134 cm³/mol. The number of carbonyl (C=O) groups is 1.